The van der Waals surface area contributed by atoms with Crippen LogP contribution in [0.3, 0.4) is 0 Å². The number of carbonyl (C=O) groups excluding carboxylic acids is 1. The van der Waals surface area contributed by atoms with E-state index in [0.29, 0.717) is 12.3 Å². The summed E-state index contributed by atoms with van der Waals surface area (Å²) in [4.78, 5) is 22.1. The first-order valence-electron chi connectivity index (χ1n) is 8.38. The third-order valence-corrected chi connectivity index (χ3v) is 5.35. The fourth-order valence-corrected chi connectivity index (χ4v) is 3.49. The summed E-state index contributed by atoms with van der Waals surface area (Å²) >= 11 is 1.61. The molecule has 0 spiro atoms. The molecule has 130 valence electrons. The number of thioether (sulfide) groups is 1. The number of aromatic nitrogens is 2. The van der Waals surface area contributed by atoms with E-state index in [1.807, 2.05) is 31.3 Å². The smallest absolute Gasteiger partial charge is 0.232 e. The van der Waals surface area contributed by atoms with Gasteiger partial charge in [-0.05, 0) is 31.5 Å². The van der Waals surface area contributed by atoms with Crippen LogP contribution in [0, 0.1) is 6.92 Å². The molecule has 2 aromatic carbocycles. The SMILES string of the molecule is Cc1ccc(CN(C)C(=O)CSC(C)c2nc3ccccc3[nH]2)cc1. The molecule has 5 heteroatoms. The largest absolute Gasteiger partial charge is 0.341 e. The molecule has 3 rings (SSSR count). The molecule has 4 nitrogen and oxygen atoms in total. The second kappa shape index (κ2) is 7.74. The van der Waals surface area contributed by atoms with E-state index in [9.17, 15) is 4.79 Å². The number of amides is 1. The van der Waals surface area contributed by atoms with Gasteiger partial charge in [0, 0.05) is 13.6 Å². The van der Waals surface area contributed by atoms with Crippen LogP contribution >= 0.6 is 11.8 Å². The lowest BCUT2D eigenvalue weighted by Crippen LogP contribution is -2.28. The normalized spacial score (nSPS) is 12.3. The fourth-order valence-electron chi connectivity index (χ4n) is 2.61. The highest BCUT2D eigenvalue weighted by Gasteiger charge is 2.15. The number of rotatable bonds is 6. The maximum atomic E-state index is 12.4. The molecule has 25 heavy (non-hydrogen) atoms. The molecule has 1 atom stereocenters. The summed E-state index contributed by atoms with van der Waals surface area (Å²) in [5.74, 6) is 1.49. The number of hydrogen-bond donors (Lipinski definition) is 1. The molecule has 1 heterocycles. The number of para-hydroxylation sites is 2. The molecule has 1 N–H and O–H groups in total. The van der Waals surface area contributed by atoms with E-state index in [1.165, 1.54) is 5.56 Å². The van der Waals surface area contributed by atoms with Crippen LogP contribution in [-0.2, 0) is 11.3 Å². The van der Waals surface area contributed by atoms with Crippen LogP contribution in [0.4, 0.5) is 0 Å². The van der Waals surface area contributed by atoms with Gasteiger partial charge < -0.3 is 9.88 Å². The van der Waals surface area contributed by atoms with E-state index in [2.05, 4.69) is 48.1 Å². The minimum absolute atomic E-state index is 0.133. The number of nitrogens with zero attached hydrogens (tertiary/aromatic N) is 2. The topological polar surface area (TPSA) is 49.0 Å². The van der Waals surface area contributed by atoms with Crippen molar-refractivity contribution in [2.24, 2.45) is 0 Å². The third-order valence-electron chi connectivity index (χ3n) is 4.22. The van der Waals surface area contributed by atoms with Crippen molar-refractivity contribution >= 4 is 28.7 Å². The van der Waals surface area contributed by atoms with Crippen molar-refractivity contribution in [2.45, 2.75) is 25.6 Å². The molecule has 0 saturated carbocycles. The molecule has 0 saturated heterocycles. The van der Waals surface area contributed by atoms with E-state index in [4.69, 9.17) is 0 Å². The van der Waals surface area contributed by atoms with Crippen LogP contribution < -0.4 is 0 Å². The Hall–Kier alpha value is -2.27. The lowest BCUT2D eigenvalue weighted by molar-refractivity contribution is -0.127. The van der Waals surface area contributed by atoms with Gasteiger partial charge in [0.05, 0.1) is 22.0 Å². The van der Waals surface area contributed by atoms with Crippen molar-refractivity contribution < 1.29 is 4.79 Å². The van der Waals surface area contributed by atoms with Gasteiger partial charge in [0.1, 0.15) is 5.82 Å². The minimum atomic E-state index is 0.133. The van der Waals surface area contributed by atoms with Crippen molar-refractivity contribution in [1.82, 2.24) is 14.9 Å². The zero-order chi connectivity index (χ0) is 17.8. The fraction of sp³-hybridized carbons (Fsp3) is 0.300. The number of aryl methyl sites for hydroxylation is 1. The molecule has 0 radical (unpaired) electrons. The van der Waals surface area contributed by atoms with Gasteiger partial charge in [-0.15, -0.1) is 11.8 Å². The molecule has 1 amide bonds. The second-order valence-electron chi connectivity index (χ2n) is 6.33. The first-order valence-corrected chi connectivity index (χ1v) is 9.43. The second-order valence-corrected chi connectivity index (χ2v) is 7.66. The van der Waals surface area contributed by atoms with E-state index >= 15 is 0 Å². The molecule has 1 unspecified atom stereocenters. The average molecular weight is 353 g/mol. The van der Waals surface area contributed by atoms with Crippen molar-refractivity contribution in [3.8, 4) is 0 Å². The van der Waals surface area contributed by atoms with Gasteiger partial charge in [0.25, 0.3) is 0 Å². The molecule has 0 aliphatic rings. The Morgan fingerprint density at radius 1 is 1.20 bits per heavy atom. The highest BCUT2D eigenvalue weighted by molar-refractivity contribution is 8.00. The number of imidazole rings is 1. The number of fused-ring (bicyclic) bond motifs is 1. The number of nitrogens with one attached hydrogen (secondary N) is 1. The van der Waals surface area contributed by atoms with Gasteiger partial charge in [-0.1, -0.05) is 42.0 Å². The maximum absolute atomic E-state index is 12.4. The number of benzene rings is 2. The predicted molar refractivity (Wildman–Crippen MR) is 105 cm³/mol. The summed E-state index contributed by atoms with van der Waals surface area (Å²) in [6, 6.07) is 16.3. The molecule has 1 aromatic heterocycles. The van der Waals surface area contributed by atoms with E-state index in [-0.39, 0.29) is 11.2 Å². The zero-order valence-electron chi connectivity index (χ0n) is 14.8. The highest BCUT2D eigenvalue weighted by Crippen LogP contribution is 2.27. The third kappa shape index (κ3) is 4.42. The highest BCUT2D eigenvalue weighted by atomic mass is 32.2. The lowest BCUT2D eigenvalue weighted by Gasteiger charge is -2.18. The average Bonchev–Trinajstić information content (AvgIpc) is 3.05. The van der Waals surface area contributed by atoms with Crippen LogP contribution in [0.25, 0.3) is 11.0 Å². The molecule has 3 aromatic rings. The summed E-state index contributed by atoms with van der Waals surface area (Å²) in [6.07, 6.45) is 0. The Balaban J connectivity index is 1.54. The van der Waals surface area contributed by atoms with Crippen molar-refractivity contribution in [3.05, 3.63) is 65.5 Å². The summed E-state index contributed by atoms with van der Waals surface area (Å²) in [6.45, 7) is 4.78. The van der Waals surface area contributed by atoms with E-state index < -0.39 is 0 Å². The Morgan fingerprint density at radius 2 is 1.92 bits per heavy atom. The van der Waals surface area contributed by atoms with Crippen LogP contribution in [0.2, 0.25) is 0 Å². The molecule has 0 aliphatic carbocycles. The summed E-state index contributed by atoms with van der Waals surface area (Å²) < 4.78 is 0. The Kier molecular flexibility index (Phi) is 5.43. The van der Waals surface area contributed by atoms with Gasteiger partial charge in [-0.3, -0.25) is 4.79 Å². The zero-order valence-corrected chi connectivity index (χ0v) is 15.6. The molecular weight excluding hydrogens is 330 g/mol. The molecule has 0 aliphatic heterocycles. The van der Waals surface area contributed by atoms with Crippen LogP contribution in [0.15, 0.2) is 48.5 Å². The van der Waals surface area contributed by atoms with Crippen molar-refractivity contribution in [1.29, 1.82) is 0 Å². The Bertz CT molecular complexity index is 824. The maximum Gasteiger partial charge on any atom is 0.232 e. The quantitative estimate of drug-likeness (QED) is 0.718. The summed E-state index contributed by atoms with van der Waals surface area (Å²) in [7, 11) is 1.86. The van der Waals surface area contributed by atoms with Gasteiger partial charge in [0.15, 0.2) is 0 Å². The number of hydrogen-bond acceptors (Lipinski definition) is 3. The minimum Gasteiger partial charge on any atom is -0.341 e. The molecule has 0 fully saturated rings. The van der Waals surface area contributed by atoms with E-state index in [0.717, 1.165) is 22.4 Å². The monoisotopic (exact) mass is 353 g/mol. The van der Waals surface area contributed by atoms with Gasteiger partial charge in [-0.2, -0.15) is 0 Å². The van der Waals surface area contributed by atoms with Crippen LogP contribution in [0.5, 0.6) is 0 Å². The van der Waals surface area contributed by atoms with Gasteiger partial charge in [0.2, 0.25) is 5.91 Å². The first kappa shape index (κ1) is 17.5. The van der Waals surface area contributed by atoms with Crippen molar-refractivity contribution in [3.63, 3.8) is 0 Å². The Morgan fingerprint density at radius 3 is 2.64 bits per heavy atom. The standard InChI is InChI=1S/C20H23N3OS/c1-14-8-10-16(11-9-14)12-23(3)19(24)13-25-15(2)20-21-17-6-4-5-7-18(17)22-20/h4-11,15H,12-13H2,1-3H3,(H,21,22). The summed E-state index contributed by atoms with van der Waals surface area (Å²) in [5, 5.41) is 0.143. The van der Waals surface area contributed by atoms with Gasteiger partial charge >= 0.3 is 0 Å². The number of carbonyl (C=O) groups is 1. The first-order chi connectivity index (χ1) is 12.0. The molecule has 0 bridgehead atoms. The molecular formula is C20H23N3OS. The van der Waals surface area contributed by atoms with E-state index in [1.54, 1.807) is 16.7 Å². The Labute approximate surface area is 152 Å². The van der Waals surface area contributed by atoms with Crippen LogP contribution in [0.1, 0.15) is 29.1 Å². The van der Waals surface area contributed by atoms with Crippen LogP contribution in [-0.4, -0.2) is 33.6 Å². The lowest BCUT2D eigenvalue weighted by atomic mass is 10.1. The van der Waals surface area contributed by atoms with Crippen molar-refractivity contribution in [2.75, 3.05) is 12.8 Å². The number of H-pyrrole nitrogens is 1. The van der Waals surface area contributed by atoms with Gasteiger partial charge in [-0.25, -0.2) is 4.98 Å². The predicted octanol–water partition coefficient (Wildman–Crippen LogP) is 4.32. The summed E-state index contributed by atoms with van der Waals surface area (Å²) in [5.41, 5.74) is 4.38. The number of aromatic amines is 1.